The van der Waals surface area contributed by atoms with E-state index in [1.54, 1.807) is 24.3 Å². The summed E-state index contributed by atoms with van der Waals surface area (Å²) in [6.07, 6.45) is 1.50. The van der Waals surface area contributed by atoms with E-state index in [0.29, 0.717) is 24.2 Å². The highest BCUT2D eigenvalue weighted by Gasteiger charge is 2.27. The predicted molar refractivity (Wildman–Crippen MR) is 92.5 cm³/mol. The minimum atomic E-state index is -3.54. The minimum Gasteiger partial charge on any atom is -0.383 e. The second-order valence-corrected chi connectivity index (χ2v) is 7.70. The van der Waals surface area contributed by atoms with Gasteiger partial charge in [-0.05, 0) is 24.7 Å². The van der Waals surface area contributed by atoms with Gasteiger partial charge in [-0.25, -0.2) is 13.4 Å². The van der Waals surface area contributed by atoms with E-state index in [1.807, 2.05) is 7.05 Å². The van der Waals surface area contributed by atoms with E-state index < -0.39 is 10.0 Å². The van der Waals surface area contributed by atoms with E-state index in [-0.39, 0.29) is 16.7 Å². The Morgan fingerprint density at radius 3 is 2.50 bits per heavy atom. The first-order valence-electron chi connectivity index (χ1n) is 7.55. The standard InChI is InChI=1S/C15H20N6O2S/c1-20-5-7-21(8-6-20)24(22,23)12-4-2-3-11(9-12)13-10-18-15(17)19-14(13)16/h2-4,9-10H,5-8H2,1H3,(H4,16,17,18,19). The lowest BCUT2D eigenvalue weighted by atomic mass is 10.1. The second-order valence-electron chi connectivity index (χ2n) is 5.76. The number of hydrogen-bond acceptors (Lipinski definition) is 7. The fourth-order valence-corrected chi connectivity index (χ4v) is 4.10. The van der Waals surface area contributed by atoms with Crippen molar-refractivity contribution in [3.8, 4) is 11.1 Å². The van der Waals surface area contributed by atoms with Gasteiger partial charge in [0.15, 0.2) is 0 Å². The van der Waals surface area contributed by atoms with Crippen LogP contribution in [0.25, 0.3) is 11.1 Å². The number of nitrogen functional groups attached to an aromatic ring is 2. The molecule has 1 aliphatic rings. The zero-order valence-corrected chi connectivity index (χ0v) is 14.2. The summed E-state index contributed by atoms with van der Waals surface area (Å²) in [6.45, 7) is 2.40. The van der Waals surface area contributed by atoms with Crippen LogP contribution >= 0.6 is 0 Å². The molecule has 0 unspecified atom stereocenters. The summed E-state index contributed by atoms with van der Waals surface area (Å²) in [7, 11) is -1.56. The highest BCUT2D eigenvalue weighted by atomic mass is 32.2. The normalized spacial score (nSPS) is 17.0. The number of likely N-dealkylation sites (N-methyl/N-ethyl adjacent to an activating group) is 1. The van der Waals surface area contributed by atoms with Crippen molar-refractivity contribution >= 4 is 21.8 Å². The van der Waals surface area contributed by atoms with Crippen molar-refractivity contribution in [3.05, 3.63) is 30.5 Å². The van der Waals surface area contributed by atoms with Crippen molar-refractivity contribution in [1.82, 2.24) is 19.2 Å². The number of nitrogens with zero attached hydrogens (tertiary/aromatic N) is 4. The van der Waals surface area contributed by atoms with E-state index in [0.717, 1.165) is 13.1 Å². The summed E-state index contributed by atoms with van der Waals surface area (Å²) in [5.41, 5.74) is 12.6. The molecule has 1 saturated heterocycles. The smallest absolute Gasteiger partial charge is 0.243 e. The largest absolute Gasteiger partial charge is 0.383 e. The lowest BCUT2D eigenvalue weighted by molar-refractivity contribution is 0.222. The minimum absolute atomic E-state index is 0.0810. The maximum absolute atomic E-state index is 12.8. The third kappa shape index (κ3) is 3.18. The lowest BCUT2D eigenvalue weighted by Gasteiger charge is -2.31. The van der Waals surface area contributed by atoms with E-state index >= 15 is 0 Å². The summed E-state index contributed by atoms with van der Waals surface area (Å²) in [6, 6.07) is 6.65. The second kappa shape index (κ2) is 6.34. The van der Waals surface area contributed by atoms with Crippen LogP contribution in [0.1, 0.15) is 0 Å². The predicted octanol–water partition coefficient (Wildman–Crippen LogP) is 0.244. The monoisotopic (exact) mass is 348 g/mol. The third-order valence-electron chi connectivity index (χ3n) is 4.08. The Labute approximate surface area is 141 Å². The van der Waals surface area contributed by atoms with Gasteiger partial charge in [0.2, 0.25) is 16.0 Å². The Bertz CT molecular complexity index is 847. The number of hydrogen-bond donors (Lipinski definition) is 2. The number of rotatable bonds is 3. The molecule has 9 heteroatoms. The van der Waals surface area contributed by atoms with Crippen molar-refractivity contribution in [2.45, 2.75) is 4.90 Å². The van der Waals surface area contributed by atoms with Crippen LogP contribution < -0.4 is 11.5 Å². The first-order valence-corrected chi connectivity index (χ1v) is 8.99. The number of anilines is 2. The van der Waals surface area contributed by atoms with Gasteiger partial charge in [-0.1, -0.05) is 12.1 Å². The highest BCUT2D eigenvalue weighted by Crippen LogP contribution is 2.27. The molecule has 2 heterocycles. The van der Waals surface area contributed by atoms with Gasteiger partial charge in [0.1, 0.15) is 5.82 Å². The summed E-state index contributed by atoms with van der Waals surface area (Å²) in [5, 5.41) is 0. The van der Waals surface area contributed by atoms with Gasteiger partial charge in [-0.15, -0.1) is 0 Å². The van der Waals surface area contributed by atoms with Crippen LogP contribution in [0.4, 0.5) is 11.8 Å². The van der Waals surface area contributed by atoms with E-state index in [9.17, 15) is 8.42 Å². The fraction of sp³-hybridized carbons (Fsp3) is 0.333. The third-order valence-corrected chi connectivity index (χ3v) is 5.98. The molecule has 4 N–H and O–H groups in total. The first-order chi connectivity index (χ1) is 11.4. The SMILES string of the molecule is CN1CCN(S(=O)(=O)c2cccc(-c3cnc(N)nc3N)c2)CC1. The molecule has 8 nitrogen and oxygen atoms in total. The highest BCUT2D eigenvalue weighted by molar-refractivity contribution is 7.89. The molecule has 0 radical (unpaired) electrons. The Hall–Kier alpha value is -2.23. The van der Waals surface area contributed by atoms with Crippen molar-refractivity contribution in [1.29, 1.82) is 0 Å². The number of sulfonamides is 1. The molecular formula is C15H20N6O2S. The molecule has 0 spiro atoms. The van der Waals surface area contributed by atoms with Gasteiger partial charge < -0.3 is 16.4 Å². The molecule has 2 aromatic rings. The molecule has 0 atom stereocenters. The average molecular weight is 348 g/mol. The Balaban J connectivity index is 1.95. The van der Waals surface area contributed by atoms with Crippen LogP contribution in [-0.2, 0) is 10.0 Å². The van der Waals surface area contributed by atoms with Crippen molar-refractivity contribution in [3.63, 3.8) is 0 Å². The van der Waals surface area contributed by atoms with Gasteiger partial charge in [0.05, 0.1) is 4.90 Å². The quantitative estimate of drug-likeness (QED) is 0.816. The van der Waals surface area contributed by atoms with Crippen LogP contribution in [-0.4, -0.2) is 60.8 Å². The molecule has 0 saturated carbocycles. The summed E-state index contributed by atoms with van der Waals surface area (Å²) in [4.78, 5) is 10.2. The molecular weight excluding hydrogens is 328 g/mol. The molecule has 1 aliphatic heterocycles. The van der Waals surface area contributed by atoms with Gasteiger partial charge in [-0.3, -0.25) is 0 Å². The molecule has 1 aromatic heterocycles. The van der Waals surface area contributed by atoms with Gasteiger partial charge in [0.25, 0.3) is 0 Å². The van der Waals surface area contributed by atoms with Crippen LogP contribution in [0.2, 0.25) is 0 Å². The van der Waals surface area contributed by atoms with Crippen molar-refractivity contribution < 1.29 is 8.42 Å². The Morgan fingerprint density at radius 1 is 1.12 bits per heavy atom. The first kappa shape index (κ1) is 16.6. The maximum Gasteiger partial charge on any atom is 0.243 e. The topological polar surface area (TPSA) is 118 Å². The average Bonchev–Trinajstić information content (AvgIpc) is 2.55. The molecule has 1 aromatic carbocycles. The van der Waals surface area contributed by atoms with Gasteiger partial charge in [-0.2, -0.15) is 9.29 Å². The molecule has 1 fully saturated rings. The van der Waals surface area contributed by atoms with E-state index in [1.165, 1.54) is 10.5 Å². The van der Waals surface area contributed by atoms with Crippen LogP contribution in [0.15, 0.2) is 35.4 Å². The van der Waals surface area contributed by atoms with Crippen molar-refractivity contribution in [2.75, 3.05) is 44.7 Å². The molecule has 128 valence electrons. The zero-order valence-electron chi connectivity index (χ0n) is 13.4. The van der Waals surface area contributed by atoms with E-state index in [2.05, 4.69) is 14.9 Å². The maximum atomic E-state index is 12.8. The molecule has 0 aliphatic carbocycles. The van der Waals surface area contributed by atoms with Crippen molar-refractivity contribution in [2.24, 2.45) is 0 Å². The number of benzene rings is 1. The summed E-state index contributed by atoms with van der Waals surface area (Å²) in [5.74, 6) is 0.300. The lowest BCUT2D eigenvalue weighted by Crippen LogP contribution is -2.47. The zero-order chi connectivity index (χ0) is 17.3. The summed E-state index contributed by atoms with van der Waals surface area (Å²) >= 11 is 0. The number of aromatic nitrogens is 2. The Kier molecular flexibility index (Phi) is 4.39. The summed E-state index contributed by atoms with van der Waals surface area (Å²) < 4.78 is 27.2. The Morgan fingerprint density at radius 2 is 1.83 bits per heavy atom. The van der Waals surface area contributed by atoms with Crippen LogP contribution in [0, 0.1) is 0 Å². The van der Waals surface area contributed by atoms with Crippen LogP contribution in [0.3, 0.4) is 0 Å². The van der Waals surface area contributed by atoms with Gasteiger partial charge in [0, 0.05) is 37.9 Å². The van der Waals surface area contributed by atoms with E-state index in [4.69, 9.17) is 11.5 Å². The number of piperazine rings is 1. The van der Waals surface area contributed by atoms with Crippen LogP contribution in [0.5, 0.6) is 0 Å². The molecule has 24 heavy (non-hydrogen) atoms. The molecule has 0 bridgehead atoms. The molecule has 0 amide bonds. The van der Waals surface area contributed by atoms with Gasteiger partial charge >= 0.3 is 0 Å². The molecule has 3 rings (SSSR count). The number of nitrogens with two attached hydrogens (primary N) is 2. The fourth-order valence-electron chi connectivity index (χ4n) is 2.63.